The first-order chi connectivity index (χ1) is 14.4. The van der Waals surface area contributed by atoms with Crippen LogP contribution in [-0.4, -0.2) is 28.4 Å². The summed E-state index contributed by atoms with van der Waals surface area (Å²) < 4.78 is 24.0. The number of aromatic nitrogens is 4. The molecule has 0 aliphatic heterocycles. The topological polar surface area (TPSA) is 127 Å². The Morgan fingerprint density at radius 2 is 1.80 bits per heavy atom. The Kier molecular flexibility index (Phi) is 5.23. The Hall–Kier alpha value is -3.30. The highest BCUT2D eigenvalue weighted by Gasteiger charge is 2.20. The van der Waals surface area contributed by atoms with Gasteiger partial charge < -0.3 is 10.3 Å². The van der Waals surface area contributed by atoms with E-state index in [4.69, 9.17) is 5.14 Å². The molecule has 4 aromatic rings. The molecule has 2 aromatic heterocycles. The highest BCUT2D eigenvalue weighted by Crippen LogP contribution is 2.33. The quantitative estimate of drug-likeness (QED) is 0.438. The fourth-order valence-electron chi connectivity index (χ4n) is 3.39. The maximum absolute atomic E-state index is 12.0. The van der Waals surface area contributed by atoms with Crippen LogP contribution in [0, 0.1) is 6.92 Å². The van der Waals surface area contributed by atoms with Crippen molar-refractivity contribution in [3.8, 4) is 11.4 Å². The second-order valence-corrected chi connectivity index (χ2v) is 8.47. The maximum atomic E-state index is 12.0. The van der Waals surface area contributed by atoms with E-state index in [0.717, 1.165) is 16.8 Å². The van der Waals surface area contributed by atoms with Crippen LogP contribution >= 0.6 is 0 Å². The van der Waals surface area contributed by atoms with Crippen LogP contribution < -0.4 is 10.5 Å². The van der Waals surface area contributed by atoms with Crippen molar-refractivity contribution in [1.29, 1.82) is 0 Å². The maximum Gasteiger partial charge on any atom is 0.240 e. The molecule has 0 aliphatic rings. The number of nitrogens with one attached hydrogen (secondary N) is 2. The molecule has 0 spiro atoms. The number of rotatable bonds is 6. The number of para-hydroxylation sites is 1. The Morgan fingerprint density at radius 3 is 2.50 bits per heavy atom. The highest BCUT2D eigenvalue weighted by atomic mass is 32.2. The minimum Gasteiger partial charge on any atom is -0.357 e. The number of nitrogens with zero attached hydrogens (tertiary/aromatic N) is 3. The van der Waals surface area contributed by atoms with Crippen LogP contribution in [0.2, 0.25) is 0 Å². The molecule has 8 nitrogen and oxygen atoms in total. The van der Waals surface area contributed by atoms with E-state index in [2.05, 4.69) is 25.3 Å². The van der Waals surface area contributed by atoms with E-state index in [1.807, 2.05) is 50.2 Å². The monoisotopic (exact) mass is 422 g/mol. The normalized spacial score (nSPS) is 11.7. The summed E-state index contributed by atoms with van der Waals surface area (Å²) in [5.41, 5.74) is 3.04. The van der Waals surface area contributed by atoms with Crippen molar-refractivity contribution in [2.24, 2.45) is 5.14 Å². The van der Waals surface area contributed by atoms with Gasteiger partial charge in [0, 0.05) is 29.6 Å². The molecule has 0 unspecified atom stereocenters. The molecule has 0 saturated heterocycles. The number of aromatic amines is 1. The summed E-state index contributed by atoms with van der Waals surface area (Å²) >= 11 is 0. The lowest BCUT2D eigenvalue weighted by molar-refractivity contribution is 0.598. The Bertz CT molecular complexity index is 1320. The molecule has 30 heavy (non-hydrogen) atoms. The van der Waals surface area contributed by atoms with E-state index in [-0.39, 0.29) is 4.90 Å². The van der Waals surface area contributed by atoms with Crippen molar-refractivity contribution < 1.29 is 8.42 Å². The first-order valence-corrected chi connectivity index (χ1v) is 11.1. The summed E-state index contributed by atoms with van der Waals surface area (Å²) in [5, 5.41) is 9.33. The molecule has 0 fully saturated rings. The summed E-state index contributed by atoms with van der Waals surface area (Å²) in [6.07, 6.45) is 0.638. The van der Waals surface area contributed by atoms with Crippen molar-refractivity contribution in [1.82, 2.24) is 19.9 Å². The number of hydrogen-bond donors (Lipinski definition) is 3. The van der Waals surface area contributed by atoms with Crippen LogP contribution in [0.3, 0.4) is 0 Å². The molecule has 0 saturated carbocycles. The van der Waals surface area contributed by atoms with Gasteiger partial charge in [-0.1, -0.05) is 49.4 Å². The van der Waals surface area contributed by atoms with Gasteiger partial charge in [-0.3, -0.25) is 0 Å². The van der Waals surface area contributed by atoms with Crippen LogP contribution in [0.1, 0.15) is 24.0 Å². The fourth-order valence-corrected chi connectivity index (χ4v) is 4.11. The summed E-state index contributed by atoms with van der Waals surface area (Å²) in [6.45, 7) is 4.41. The first-order valence-electron chi connectivity index (χ1n) is 9.54. The zero-order chi connectivity index (χ0) is 21.3. The van der Waals surface area contributed by atoms with E-state index in [9.17, 15) is 8.42 Å². The van der Waals surface area contributed by atoms with Gasteiger partial charge in [0.15, 0.2) is 5.82 Å². The second kappa shape index (κ2) is 7.85. The molecule has 4 N–H and O–H groups in total. The molecule has 4 rings (SSSR count). The lowest BCUT2D eigenvalue weighted by Gasteiger charge is -2.09. The number of nitrogens with two attached hydrogens (primary N) is 1. The van der Waals surface area contributed by atoms with Crippen LogP contribution in [0.15, 0.2) is 53.4 Å². The van der Waals surface area contributed by atoms with Gasteiger partial charge in [-0.25, -0.2) is 18.5 Å². The lowest BCUT2D eigenvalue weighted by atomic mass is 10.1. The molecule has 9 heteroatoms. The molecular weight excluding hydrogens is 400 g/mol. The number of aryl methyl sites for hydroxylation is 2. The standard InChI is InChI=1S/C21H22N6O2S/c1-3-17-25-20(27-21(26-17)23-12-14-8-5-4-6-9-14)18-13(2)24-19-15(18)10-7-11-16(19)30(22,28)29/h4-11,24H,3,12H2,1-2H3,(H2,22,28,29)(H,23,25,26,27). The number of hydrogen-bond acceptors (Lipinski definition) is 6. The third kappa shape index (κ3) is 3.89. The number of anilines is 1. The molecule has 0 atom stereocenters. The SMILES string of the molecule is CCc1nc(NCc2ccccc2)nc(-c2c(C)[nH]c3c(S(N)(=O)=O)cccc23)n1. The van der Waals surface area contributed by atoms with Gasteiger partial charge in [0.25, 0.3) is 0 Å². The third-order valence-corrected chi connectivity index (χ3v) is 5.76. The van der Waals surface area contributed by atoms with Crippen molar-refractivity contribution >= 4 is 26.9 Å². The number of fused-ring (bicyclic) bond motifs is 1. The molecule has 0 aliphatic carbocycles. The average molecular weight is 423 g/mol. The molecule has 2 heterocycles. The van der Waals surface area contributed by atoms with Crippen molar-refractivity contribution in [2.45, 2.75) is 31.7 Å². The summed E-state index contributed by atoms with van der Waals surface area (Å²) in [4.78, 5) is 16.9. The number of primary sulfonamides is 1. The Labute approximate surface area is 174 Å². The first kappa shape index (κ1) is 20.0. The second-order valence-electron chi connectivity index (χ2n) is 6.94. The molecule has 154 valence electrons. The lowest BCUT2D eigenvalue weighted by Crippen LogP contribution is -2.12. The van der Waals surface area contributed by atoms with E-state index in [1.54, 1.807) is 6.07 Å². The van der Waals surface area contributed by atoms with Gasteiger partial charge in [0.1, 0.15) is 10.7 Å². The summed E-state index contributed by atoms with van der Waals surface area (Å²) in [5.74, 6) is 1.59. The Balaban J connectivity index is 1.80. The van der Waals surface area contributed by atoms with E-state index in [1.165, 1.54) is 6.07 Å². The summed E-state index contributed by atoms with van der Waals surface area (Å²) in [7, 11) is -3.87. The highest BCUT2D eigenvalue weighted by molar-refractivity contribution is 7.89. The average Bonchev–Trinajstić information content (AvgIpc) is 3.07. The zero-order valence-corrected chi connectivity index (χ0v) is 17.5. The van der Waals surface area contributed by atoms with Crippen LogP contribution in [0.25, 0.3) is 22.3 Å². The Morgan fingerprint density at radius 1 is 1.03 bits per heavy atom. The number of sulfonamides is 1. The minimum atomic E-state index is -3.87. The smallest absolute Gasteiger partial charge is 0.240 e. The predicted molar refractivity (Wildman–Crippen MR) is 116 cm³/mol. The van der Waals surface area contributed by atoms with E-state index >= 15 is 0 Å². The predicted octanol–water partition coefficient (Wildman–Crippen LogP) is 3.15. The van der Waals surface area contributed by atoms with E-state index in [0.29, 0.717) is 41.5 Å². The van der Waals surface area contributed by atoms with E-state index < -0.39 is 10.0 Å². The van der Waals surface area contributed by atoms with Crippen LogP contribution in [-0.2, 0) is 23.0 Å². The van der Waals surface area contributed by atoms with Gasteiger partial charge >= 0.3 is 0 Å². The largest absolute Gasteiger partial charge is 0.357 e. The molecular formula is C21H22N6O2S. The fraction of sp³-hybridized carbons (Fsp3) is 0.190. The molecule has 0 radical (unpaired) electrons. The van der Waals surface area contributed by atoms with Gasteiger partial charge in [0.2, 0.25) is 16.0 Å². The summed E-state index contributed by atoms with van der Waals surface area (Å²) in [6, 6.07) is 14.9. The van der Waals surface area contributed by atoms with Crippen LogP contribution in [0.5, 0.6) is 0 Å². The van der Waals surface area contributed by atoms with Gasteiger partial charge in [-0.05, 0) is 18.6 Å². The van der Waals surface area contributed by atoms with Crippen molar-refractivity contribution in [3.05, 3.63) is 65.6 Å². The van der Waals surface area contributed by atoms with Gasteiger partial charge in [0.05, 0.1) is 5.52 Å². The third-order valence-electron chi connectivity index (χ3n) is 4.80. The molecule has 0 amide bonds. The molecule has 0 bridgehead atoms. The minimum absolute atomic E-state index is 0.0431. The molecule has 2 aromatic carbocycles. The zero-order valence-electron chi connectivity index (χ0n) is 16.7. The number of H-pyrrole nitrogens is 1. The van der Waals surface area contributed by atoms with Crippen LogP contribution in [0.4, 0.5) is 5.95 Å². The van der Waals surface area contributed by atoms with Crippen molar-refractivity contribution in [2.75, 3.05) is 5.32 Å². The van der Waals surface area contributed by atoms with Gasteiger partial charge in [-0.2, -0.15) is 9.97 Å². The van der Waals surface area contributed by atoms with Crippen molar-refractivity contribution in [3.63, 3.8) is 0 Å². The van der Waals surface area contributed by atoms with Gasteiger partial charge in [-0.15, -0.1) is 0 Å². The number of benzene rings is 2.